The van der Waals surface area contributed by atoms with Crippen molar-refractivity contribution in [2.75, 3.05) is 19.7 Å². The minimum atomic E-state index is -4.59. The summed E-state index contributed by atoms with van der Waals surface area (Å²) in [6.07, 6.45) is -2.64. The molecule has 0 spiro atoms. The zero-order valence-electron chi connectivity index (χ0n) is 15.6. The second kappa shape index (κ2) is 7.88. The van der Waals surface area contributed by atoms with Gasteiger partial charge >= 0.3 is 6.18 Å². The van der Waals surface area contributed by atoms with E-state index in [2.05, 4.69) is 15.1 Å². The minimum absolute atomic E-state index is 0.109. The van der Waals surface area contributed by atoms with E-state index in [9.17, 15) is 22.4 Å². The molecule has 0 N–H and O–H groups in total. The molecule has 158 valence electrons. The van der Waals surface area contributed by atoms with Crippen LogP contribution in [0.25, 0.3) is 5.78 Å². The topological polar surface area (TPSA) is 72.6 Å². The molecule has 2 aromatic heterocycles. The van der Waals surface area contributed by atoms with Gasteiger partial charge in [0, 0.05) is 30.8 Å². The fourth-order valence-corrected chi connectivity index (χ4v) is 3.46. The lowest BCUT2D eigenvalue weighted by Crippen LogP contribution is -2.40. The third-order valence-corrected chi connectivity index (χ3v) is 4.99. The first-order chi connectivity index (χ1) is 14.3. The second-order valence-corrected chi connectivity index (χ2v) is 6.94. The van der Waals surface area contributed by atoms with Crippen LogP contribution in [0.2, 0.25) is 0 Å². The standard InChI is InChI=1S/C19H17F4N5O2/c20-13-2-1-3-14(8-13)30-10-17(29)27-6-4-12(5-7-27)15-9-16(19(21,22)23)28-18(26-15)24-11-25-28/h1-3,8-9,11-12H,4-7,10H2. The van der Waals surface area contributed by atoms with Crippen LogP contribution in [0.1, 0.15) is 30.1 Å². The average Bonchev–Trinajstić information content (AvgIpc) is 3.19. The van der Waals surface area contributed by atoms with E-state index in [0.717, 1.165) is 12.4 Å². The van der Waals surface area contributed by atoms with Gasteiger partial charge in [-0.2, -0.15) is 27.8 Å². The van der Waals surface area contributed by atoms with Crippen LogP contribution in [0.15, 0.2) is 36.7 Å². The Hall–Kier alpha value is -3.24. The maximum absolute atomic E-state index is 13.4. The van der Waals surface area contributed by atoms with Gasteiger partial charge in [0.25, 0.3) is 11.7 Å². The molecule has 1 fully saturated rings. The van der Waals surface area contributed by atoms with Gasteiger partial charge in [-0.1, -0.05) is 6.07 Å². The molecule has 1 aliphatic rings. The van der Waals surface area contributed by atoms with Crippen LogP contribution in [-0.2, 0) is 11.0 Å². The molecule has 0 saturated carbocycles. The highest BCUT2D eigenvalue weighted by Crippen LogP contribution is 2.33. The molecule has 11 heteroatoms. The minimum Gasteiger partial charge on any atom is -0.484 e. The number of piperidine rings is 1. The summed E-state index contributed by atoms with van der Waals surface area (Å²) in [5.74, 6) is -0.822. The zero-order chi connectivity index (χ0) is 21.3. The summed E-state index contributed by atoms with van der Waals surface area (Å²) in [4.78, 5) is 21.9. The Kier molecular flexibility index (Phi) is 5.27. The van der Waals surface area contributed by atoms with Crippen molar-refractivity contribution in [3.63, 3.8) is 0 Å². The van der Waals surface area contributed by atoms with Crippen LogP contribution < -0.4 is 4.74 Å². The maximum Gasteiger partial charge on any atom is 0.433 e. The number of ether oxygens (including phenoxy) is 1. The SMILES string of the molecule is O=C(COc1cccc(F)c1)N1CCC(c2cc(C(F)(F)F)n3ncnc3n2)CC1. The van der Waals surface area contributed by atoms with Crippen molar-refractivity contribution in [1.82, 2.24) is 24.5 Å². The Morgan fingerprint density at radius 2 is 1.97 bits per heavy atom. The summed E-state index contributed by atoms with van der Waals surface area (Å²) in [6, 6.07) is 6.48. The molecule has 0 atom stereocenters. The Morgan fingerprint density at radius 3 is 2.67 bits per heavy atom. The Labute approximate surface area is 168 Å². The van der Waals surface area contributed by atoms with E-state index in [-0.39, 0.29) is 35.7 Å². The van der Waals surface area contributed by atoms with Gasteiger partial charge in [-0.15, -0.1) is 0 Å². The predicted octanol–water partition coefficient (Wildman–Crippen LogP) is 3.07. The first kappa shape index (κ1) is 20.0. The molecular formula is C19H17F4N5O2. The van der Waals surface area contributed by atoms with Crippen molar-refractivity contribution >= 4 is 11.7 Å². The van der Waals surface area contributed by atoms with Crippen LogP contribution in [0.4, 0.5) is 17.6 Å². The van der Waals surface area contributed by atoms with E-state index in [0.29, 0.717) is 30.4 Å². The molecule has 0 radical (unpaired) electrons. The summed E-state index contributed by atoms with van der Waals surface area (Å²) in [5.41, 5.74) is -0.645. The molecule has 1 aliphatic heterocycles. The Balaban J connectivity index is 1.40. The fraction of sp³-hybridized carbons (Fsp3) is 0.368. The summed E-state index contributed by atoms with van der Waals surface area (Å²) >= 11 is 0. The summed E-state index contributed by atoms with van der Waals surface area (Å²) in [5, 5.41) is 3.59. The quantitative estimate of drug-likeness (QED) is 0.603. The predicted molar refractivity (Wildman–Crippen MR) is 96.2 cm³/mol. The Bertz CT molecular complexity index is 1060. The van der Waals surface area contributed by atoms with Crippen molar-refractivity contribution in [3.8, 4) is 5.75 Å². The number of carbonyl (C=O) groups is 1. The van der Waals surface area contributed by atoms with Crippen LogP contribution >= 0.6 is 0 Å². The normalized spacial score (nSPS) is 15.5. The van der Waals surface area contributed by atoms with Gasteiger partial charge in [-0.3, -0.25) is 4.79 Å². The molecule has 0 bridgehead atoms. The molecular weight excluding hydrogens is 406 g/mol. The summed E-state index contributed by atoms with van der Waals surface area (Å²) < 4.78 is 59.2. The van der Waals surface area contributed by atoms with Crippen molar-refractivity contribution in [2.24, 2.45) is 0 Å². The highest BCUT2D eigenvalue weighted by atomic mass is 19.4. The lowest BCUT2D eigenvalue weighted by Gasteiger charge is -2.31. The molecule has 3 heterocycles. The van der Waals surface area contributed by atoms with Crippen molar-refractivity contribution < 1.29 is 27.1 Å². The van der Waals surface area contributed by atoms with Crippen molar-refractivity contribution in [1.29, 1.82) is 0 Å². The number of likely N-dealkylation sites (tertiary alicyclic amines) is 1. The number of halogens is 4. The van der Waals surface area contributed by atoms with Crippen LogP contribution in [0.3, 0.4) is 0 Å². The zero-order valence-corrected chi connectivity index (χ0v) is 15.6. The molecule has 0 aliphatic carbocycles. The number of carbonyl (C=O) groups excluding carboxylic acids is 1. The number of benzene rings is 1. The molecule has 3 aromatic rings. The van der Waals surface area contributed by atoms with Crippen LogP contribution in [-0.4, -0.2) is 50.1 Å². The highest BCUT2D eigenvalue weighted by Gasteiger charge is 2.36. The smallest absolute Gasteiger partial charge is 0.433 e. The van der Waals surface area contributed by atoms with Gasteiger partial charge in [0.05, 0.1) is 0 Å². The maximum atomic E-state index is 13.4. The average molecular weight is 423 g/mol. The van der Waals surface area contributed by atoms with E-state index in [1.807, 2.05) is 0 Å². The van der Waals surface area contributed by atoms with Gasteiger partial charge in [0.2, 0.25) is 0 Å². The lowest BCUT2D eigenvalue weighted by molar-refractivity contribution is -0.142. The van der Waals surface area contributed by atoms with E-state index < -0.39 is 17.7 Å². The molecule has 1 amide bonds. The first-order valence-corrected chi connectivity index (χ1v) is 9.25. The van der Waals surface area contributed by atoms with Crippen LogP contribution in [0.5, 0.6) is 5.75 Å². The number of hydrogen-bond donors (Lipinski definition) is 0. The van der Waals surface area contributed by atoms with E-state index in [1.165, 1.54) is 18.2 Å². The highest BCUT2D eigenvalue weighted by molar-refractivity contribution is 5.77. The summed E-state index contributed by atoms with van der Waals surface area (Å²) in [6.45, 7) is 0.476. The summed E-state index contributed by atoms with van der Waals surface area (Å²) in [7, 11) is 0. The van der Waals surface area contributed by atoms with Gasteiger partial charge in [0.15, 0.2) is 12.3 Å². The van der Waals surface area contributed by atoms with Gasteiger partial charge in [0.1, 0.15) is 17.9 Å². The number of alkyl halides is 3. The largest absolute Gasteiger partial charge is 0.484 e. The van der Waals surface area contributed by atoms with Crippen molar-refractivity contribution in [3.05, 3.63) is 53.9 Å². The molecule has 0 unspecified atom stereocenters. The Morgan fingerprint density at radius 1 is 1.20 bits per heavy atom. The third-order valence-electron chi connectivity index (χ3n) is 4.99. The van der Waals surface area contributed by atoms with Gasteiger partial charge < -0.3 is 9.64 Å². The molecule has 1 saturated heterocycles. The lowest BCUT2D eigenvalue weighted by atomic mass is 9.93. The number of fused-ring (bicyclic) bond motifs is 1. The number of aromatic nitrogens is 4. The molecule has 30 heavy (non-hydrogen) atoms. The second-order valence-electron chi connectivity index (χ2n) is 6.94. The number of hydrogen-bond acceptors (Lipinski definition) is 5. The number of amides is 1. The van der Waals surface area contributed by atoms with E-state index in [1.54, 1.807) is 11.0 Å². The van der Waals surface area contributed by atoms with Gasteiger partial charge in [-0.05, 0) is 31.0 Å². The number of rotatable bonds is 4. The molecule has 1 aromatic carbocycles. The van der Waals surface area contributed by atoms with E-state index >= 15 is 0 Å². The van der Waals surface area contributed by atoms with E-state index in [4.69, 9.17) is 4.74 Å². The fourth-order valence-electron chi connectivity index (χ4n) is 3.46. The first-order valence-electron chi connectivity index (χ1n) is 9.25. The number of nitrogens with zero attached hydrogens (tertiary/aromatic N) is 5. The monoisotopic (exact) mass is 423 g/mol. The van der Waals surface area contributed by atoms with Gasteiger partial charge in [-0.25, -0.2) is 9.37 Å². The van der Waals surface area contributed by atoms with Crippen LogP contribution in [0, 0.1) is 5.82 Å². The third kappa shape index (κ3) is 4.19. The van der Waals surface area contributed by atoms with Crippen molar-refractivity contribution in [2.45, 2.75) is 24.9 Å². The molecule has 7 nitrogen and oxygen atoms in total. The molecule has 4 rings (SSSR count).